The van der Waals surface area contributed by atoms with Crippen molar-refractivity contribution >= 4 is 17.4 Å². The maximum absolute atomic E-state index is 6.23. The first kappa shape index (κ1) is 15.6. The molecule has 2 rings (SSSR count). The highest BCUT2D eigenvalue weighted by Crippen LogP contribution is 2.30. The van der Waals surface area contributed by atoms with Crippen molar-refractivity contribution in [1.29, 1.82) is 0 Å². The van der Waals surface area contributed by atoms with Gasteiger partial charge < -0.3 is 10.2 Å². The van der Waals surface area contributed by atoms with Crippen LogP contribution >= 0.6 is 11.6 Å². The molecule has 1 aliphatic rings. The third-order valence-electron chi connectivity index (χ3n) is 4.37. The molecule has 1 heterocycles. The lowest BCUT2D eigenvalue weighted by Crippen LogP contribution is -2.39. The van der Waals surface area contributed by atoms with Gasteiger partial charge in [0.1, 0.15) is 5.82 Å². The van der Waals surface area contributed by atoms with Crippen LogP contribution in [0.3, 0.4) is 0 Å². The summed E-state index contributed by atoms with van der Waals surface area (Å²) < 4.78 is 0. The van der Waals surface area contributed by atoms with Crippen LogP contribution in [0, 0.1) is 5.92 Å². The Morgan fingerprint density at radius 1 is 1.35 bits per heavy atom. The van der Waals surface area contributed by atoms with E-state index in [1.807, 2.05) is 12.1 Å². The van der Waals surface area contributed by atoms with Crippen LogP contribution in [0.15, 0.2) is 12.1 Å². The summed E-state index contributed by atoms with van der Waals surface area (Å²) in [7, 11) is 2.17. The lowest BCUT2D eigenvalue weighted by molar-refractivity contribution is 0.320. The number of hydrogen-bond donors (Lipinski definition) is 1. The molecule has 1 fully saturated rings. The van der Waals surface area contributed by atoms with Gasteiger partial charge in [-0.3, -0.25) is 0 Å². The van der Waals surface area contributed by atoms with E-state index < -0.39 is 0 Å². The predicted octanol–water partition coefficient (Wildman–Crippen LogP) is 3.86. The Morgan fingerprint density at radius 2 is 2.10 bits per heavy atom. The Bertz CT molecular complexity index is 436. The van der Waals surface area contributed by atoms with Crippen LogP contribution in [0.25, 0.3) is 0 Å². The first-order valence-corrected chi connectivity index (χ1v) is 8.10. The van der Waals surface area contributed by atoms with E-state index in [9.17, 15) is 0 Å². The molecule has 0 radical (unpaired) electrons. The second-order valence-electron chi connectivity index (χ2n) is 5.82. The van der Waals surface area contributed by atoms with Gasteiger partial charge >= 0.3 is 0 Å². The van der Waals surface area contributed by atoms with Crippen molar-refractivity contribution in [1.82, 2.24) is 10.3 Å². The standard InChI is InChI=1S/C16H26ClN3/c1-4-18-11-14-13(17)9-10-16(19-14)20(3)15-8-6-5-7-12(15)2/h9-10,12,15,18H,4-8,11H2,1-3H3. The normalized spacial score (nSPS) is 22.8. The van der Waals surface area contributed by atoms with Gasteiger partial charge in [0.05, 0.1) is 10.7 Å². The highest BCUT2D eigenvalue weighted by Gasteiger charge is 2.25. The van der Waals surface area contributed by atoms with Gasteiger partial charge in [-0.2, -0.15) is 0 Å². The number of aromatic nitrogens is 1. The molecule has 4 heteroatoms. The van der Waals surface area contributed by atoms with Gasteiger partial charge in [0.25, 0.3) is 0 Å². The van der Waals surface area contributed by atoms with E-state index in [1.165, 1.54) is 25.7 Å². The molecule has 1 saturated carbocycles. The summed E-state index contributed by atoms with van der Waals surface area (Å²) in [6.45, 7) is 6.11. The van der Waals surface area contributed by atoms with Crippen molar-refractivity contribution in [3.05, 3.63) is 22.8 Å². The second kappa shape index (κ2) is 7.28. The van der Waals surface area contributed by atoms with E-state index in [4.69, 9.17) is 16.6 Å². The van der Waals surface area contributed by atoms with Crippen molar-refractivity contribution in [3.63, 3.8) is 0 Å². The molecule has 0 aromatic carbocycles. The van der Waals surface area contributed by atoms with Crippen LogP contribution in [0.1, 0.15) is 45.2 Å². The molecule has 0 aliphatic heterocycles. The molecule has 1 aromatic rings. The molecule has 3 nitrogen and oxygen atoms in total. The molecule has 2 atom stereocenters. The lowest BCUT2D eigenvalue weighted by Gasteiger charge is -2.37. The highest BCUT2D eigenvalue weighted by atomic mass is 35.5. The van der Waals surface area contributed by atoms with E-state index in [0.29, 0.717) is 6.04 Å². The van der Waals surface area contributed by atoms with Gasteiger partial charge in [0, 0.05) is 19.6 Å². The minimum absolute atomic E-state index is 0.601. The van der Waals surface area contributed by atoms with Gasteiger partial charge in [0.2, 0.25) is 0 Å². The topological polar surface area (TPSA) is 28.2 Å². The maximum Gasteiger partial charge on any atom is 0.128 e. The largest absolute Gasteiger partial charge is 0.356 e. The number of pyridine rings is 1. The van der Waals surface area contributed by atoms with Gasteiger partial charge in [0.15, 0.2) is 0 Å². The molecule has 20 heavy (non-hydrogen) atoms. The second-order valence-corrected chi connectivity index (χ2v) is 6.23. The molecule has 0 saturated heterocycles. The number of hydrogen-bond acceptors (Lipinski definition) is 3. The molecule has 1 aliphatic carbocycles. The smallest absolute Gasteiger partial charge is 0.128 e. The van der Waals surface area contributed by atoms with Crippen LogP contribution in [0.4, 0.5) is 5.82 Å². The highest BCUT2D eigenvalue weighted by molar-refractivity contribution is 6.31. The molecular formula is C16H26ClN3. The SMILES string of the molecule is CCNCc1nc(N(C)C2CCCCC2C)ccc1Cl. The molecule has 1 aromatic heterocycles. The summed E-state index contributed by atoms with van der Waals surface area (Å²) in [5.41, 5.74) is 0.946. The maximum atomic E-state index is 6.23. The van der Waals surface area contributed by atoms with Gasteiger partial charge in [-0.05, 0) is 37.4 Å². The molecule has 112 valence electrons. The number of rotatable bonds is 5. The quantitative estimate of drug-likeness (QED) is 0.894. The van der Waals surface area contributed by atoms with Crippen LogP contribution in [0.2, 0.25) is 5.02 Å². The number of nitrogens with one attached hydrogen (secondary N) is 1. The zero-order valence-corrected chi connectivity index (χ0v) is 13.6. The van der Waals surface area contributed by atoms with E-state index in [2.05, 4.69) is 31.1 Å². The molecular weight excluding hydrogens is 270 g/mol. The molecule has 0 amide bonds. The van der Waals surface area contributed by atoms with Crippen molar-refractivity contribution in [2.24, 2.45) is 5.92 Å². The Labute approximate surface area is 127 Å². The van der Waals surface area contributed by atoms with Crippen molar-refractivity contribution in [2.75, 3.05) is 18.5 Å². The third-order valence-corrected chi connectivity index (χ3v) is 4.72. The Balaban J connectivity index is 2.14. The molecule has 2 unspecified atom stereocenters. The van der Waals surface area contributed by atoms with Crippen LogP contribution in [-0.4, -0.2) is 24.6 Å². The molecule has 0 spiro atoms. The Hall–Kier alpha value is -0.800. The van der Waals surface area contributed by atoms with Gasteiger partial charge in [-0.15, -0.1) is 0 Å². The van der Waals surface area contributed by atoms with Crippen molar-refractivity contribution < 1.29 is 0 Å². The van der Waals surface area contributed by atoms with E-state index in [0.717, 1.165) is 35.5 Å². The fourth-order valence-electron chi connectivity index (χ4n) is 3.08. The first-order valence-electron chi connectivity index (χ1n) is 7.72. The molecule has 0 bridgehead atoms. The fourth-order valence-corrected chi connectivity index (χ4v) is 3.25. The van der Waals surface area contributed by atoms with E-state index in [1.54, 1.807) is 0 Å². The van der Waals surface area contributed by atoms with Crippen molar-refractivity contribution in [2.45, 2.75) is 52.1 Å². The average Bonchev–Trinajstić information content (AvgIpc) is 2.46. The summed E-state index contributed by atoms with van der Waals surface area (Å²) >= 11 is 6.23. The van der Waals surface area contributed by atoms with Crippen LogP contribution in [0.5, 0.6) is 0 Å². The Kier molecular flexibility index (Phi) is 5.67. The number of nitrogens with zero attached hydrogens (tertiary/aromatic N) is 2. The summed E-state index contributed by atoms with van der Waals surface area (Å²) in [4.78, 5) is 7.09. The van der Waals surface area contributed by atoms with E-state index >= 15 is 0 Å². The zero-order chi connectivity index (χ0) is 14.5. The summed E-state index contributed by atoms with van der Waals surface area (Å²) in [6.07, 6.45) is 5.29. The Morgan fingerprint density at radius 3 is 2.80 bits per heavy atom. The van der Waals surface area contributed by atoms with Crippen molar-refractivity contribution in [3.8, 4) is 0 Å². The third kappa shape index (κ3) is 3.64. The lowest BCUT2D eigenvalue weighted by atomic mass is 9.85. The fraction of sp³-hybridized carbons (Fsp3) is 0.688. The summed E-state index contributed by atoms with van der Waals surface area (Å²) in [6, 6.07) is 4.61. The van der Waals surface area contributed by atoms with Crippen LogP contribution < -0.4 is 10.2 Å². The first-order chi connectivity index (χ1) is 9.63. The van der Waals surface area contributed by atoms with E-state index in [-0.39, 0.29) is 0 Å². The average molecular weight is 296 g/mol. The summed E-state index contributed by atoms with van der Waals surface area (Å²) in [5, 5.41) is 4.04. The van der Waals surface area contributed by atoms with Gasteiger partial charge in [-0.25, -0.2) is 4.98 Å². The minimum Gasteiger partial charge on any atom is -0.356 e. The van der Waals surface area contributed by atoms with Gasteiger partial charge in [-0.1, -0.05) is 38.3 Å². The minimum atomic E-state index is 0.601. The van der Waals surface area contributed by atoms with Crippen LogP contribution in [-0.2, 0) is 6.54 Å². The predicted molar refractivity (Wildman–Crippen MR) is 86.5 cm³/mol. The number of anilines is 1. The monoisotopic (exact) mass is 295 g/mol. The zero-order valence-electron chi connectivity index (χ0n) is 12.8. The molecule has 1 N–H and O–H groups in total. The summed E-state index contributed by atoms with van der Waals surface area (Å²) in [5.74, 6) is 1.78. The number of halogens is 1.